The zero-order valence-corrected chi connectivity index (χ0v) is 17.7. The zero-order chi connectivity index (χ0) is 20.5. The molecule has 0 heterocycles. The average Bonchev–Trinajstić information content (AvgIpc) is 2.65. The van der Waals surface area contributed by atoms with Gasteiger partial charge >= 0.3 is 5.97 Å². The van der Waals surface area contributed by atoms with Gasteiger partial charge in [0.05, 0.1) is 10.7 Å². The Kier molecular flexibility index (Phi) is 8.76. The smallest absolute Gasteiger partial charge is 0.306 e. The lowest BCUT2D eigenvalue weighted by molar-refractivity contribution is -0.147. The van der Waals surface area contributed by atoms with Crippen molar-refractivity contribution in [2.75, 3.05) is 17.2 Å². The topological polar surface area (TPSA) is 84.5 Å². The van der Waals surface area contributed by atoms with Crippen LogP contribution in [0.15, 0.2) is 46.9 Å². The zero-order valence-electron chi connectivity index (χ0n) is 14.6. The molecule has 2 amide bonds. The molecule has 9 heteroatoms. The predicted molar refractivity (Wildman–Crippen MR) is 113 cm³/mol. The van der Waals surface area contributed by atoms with Gasteiger partial charge in [0, 0.05) is 28.0 Å². The number of benzene rings is 2. The van der Waals surface area contributed by atoms with E-state index in [-0.39, 0.29) is 18.7 Å². The van der Waals surface area contributed by atoms with Crippen LogP contribution < -0.4 is 10.6 Å². The van der Waals surface area contributed by atoms with Crippen molar-refractivity contribution in [3.05, 3.63) is 57.0 Å². The maximum Gasteiger partial charge on any atom is 0.306 e. The summed E-state index contributed by atoms with van der Waals surface area (Å²) in [6.07, 6.45) is 0.497. The quantitative estimate of drug-likeness (QED) is 0.510. The molecule has 2 rings (SSSR count). The molecule has 0 aliphatic carbocycles. The summed E-state index contributed by atoms with van der Waals surface area (Å²) in [5.41, 5.74) is 1.01. The number of carbonyl (C=O) groups excluding carboxylic acids is 3. The molecular weight excluding hydrogens is 471 g/mol. The van der Waals surface area contributed by atoms with Gasteiger partial charge in [-0.05, 0) is 48.9 Å². The van der Waals surface area contributed by atoms with Crippen molar-refractivity contribution in [2.45, 2.75) is 19.3 Å². The molecule has 0 unspecified atom stereocenters. The summed E-state index contributed by atoms with van der Waals surface area (Å²) in [4.78, 5) is 35.4. The summed E-state index contributed by atoms with van der Waals surface area (Å²) >= 11 is 15.1. The molecule has 148 valence electrons. The van der Waals surface area contributed by atoms with Gasteiger partial charge in [0.1, 0.15) is 0 Å². The summed E-state index contributed by atoms with van der Waals surface area (Å²) < 4.78 is 5.81. The normalized spacial score (nSPS) is 10.2. The van der Waals surface area contributed by atoms with Gasteiger partial charge in [-0.3, -0.25) is 14.4 Å². The molecule has 2 aromatic rings. The van der Waals surface area contributed by atoms with Crippen molar-refractivity contribution in [1.29, 1.82) is 0 Å². The second-order valence-electron chi connectivity index (χ2n) is 5.74. The van der Waals surface area contributed by atoms with E-state index in [1.807, 2.05) is 12.1 Å². The molecule has 0 saturated carbocycles. The highest BCUT2D eigenvalue weighted by Gasteiger charge is 2.11. The number of hydrogen-bond donors (Lipinski definition) is 2. The second-order valence-corrected chi connectivity index (χ2v) is 7.50. The summed E-state index contributed by atoms with van der Waals surface area (Å²) in [7, 11) is 0. The Hall–Kier alpha value is -2.09. The maximum absolute atomic E-state index is 11.8. The Bertz CT molecular complexity index is 860. The van der Waals surface area contributed by atoms with Gasteiger partial charge in [-0.15, -0.1) is 0 Å². The number of rotatable bonds is 8. The van der Waals surface area contributed by atoms with Gasteiger partial charge in [-0.2, -0.15) is 0 Å². The Morgan fingerprint density at radius 2 is 1.64 bits per heavy atom. The molecule has 0 aliphatic heterocycles. The average molecular weight is 488 g/mol. The third kappa shape index (κ3) is 7.88. The molecule has 28 heavy (non-hydrogen) atoms. The predicted octanol–water partition coefficient (Wildman–Crippen LogP) is 5.05. The van der Waals surface area contributed by atoms with Crippen LogP contribution in [-0.2, 0) is 19.1 Å². The van der Waals surface area contributed by atoms with Crippen LogP contribution in [0.25, 0.3) is 0 Å². The fourth-order valence-electron chi connectivity index (χ4n) is 2.15. The van der Waals surface area contributed by atoms with E-state index in [9.17, 15) is 14.4 Å². The van der Waals surface area contributed by atoms with Crippen LogP contribution >= 0.6 is 39.1 Å². The molecule has 0 saturated heterocycles. The van der Waals surface area contributed by atoms with Crippen molar-refractivity contribution < 1.29 is 19.1 Å². The van der Waals surface area contributed by atoms with Crippen molar-refractivity contribution >= 4 is 68.3 Å². The molecule has 2 N–H and O–H groups in total. The molecule has 0 atom stereocenters. The van der Waals surface area contributed by atoms with E-state index in [1.165, 1.54) is 6.07 Å². The molecule has 0 bridgehead atoms. The van der Waals surface area contributed by atoms with E-state index >= 15 is 0 Å². The molecule has 0 fully saturated rings. The molecule has 0 aromatic heterocycles. The van der Waals surface area contributed by atoms with Crippen LogP contribution in [0.4, 0.5) is 11.4 Å². The second kappa shape index (κ2) is 11.0. The lowest BCUT2D eigenvalue weighted by Gasteiger charge is -2.08. The number of nitrogens with one attached hydrogen (secondary N) is 2. The summed E-state index contributed by atoms with van der Waals surface area (Å²) in [5, 5.41) is 5.98. The van der Waals surface area contributed by atoms with Crippen LogP contribution in [0, 0.1) is 0 Å². The van der Waals surface area contributed by atoms with E-state index in [0.717, 1.165) is 4.47 Å². The van der Waals surface area contributed by atoms with E-state index in [0.29, 0.717) is 27.8 Å². The van der Waals surface area contributed by atoms with Crippen LogP contribution in [-0.4, -0.2) is 24.4 Å². The van der Waals surface area contributed by atoms with Crippen molar-refractivity contribution in [3.8, 4) is 0 Å². The van der Waals surface area contributed by atoms with Gasteiger partial charge < -0.3 is 15.4 Å². The van der Waals surface area contributed by atoms with E-state index in [2.05, 4.69) is 26.6 Å². The highest BCUT2D eigenvalue weighted by molar-refractivity contribution is 9.10. The van der Waals surface area contributed by atoms with Gasteiger partial charge in [0.2, 0.25) is 5.91 Å². The summed E-state index contributed by atoms with van der Waals surface area (Å²) in [6, 6.07) is 11.8. The van der Waals surface area contributed by atoms with Crippen LogP contribution in [0.3, 0.4) is 0 Å². The van der Waals surface area contributed by atoms with Crippen LogP contribution in [0.1, 0.15) is 19.3 Å². The monoisotopic (exact) mass is 486 g/mol. The maximum atomic E-state index is 11.8. The lowest BCUT2D eigenvalue weighted by atomic mass is 10.2. The highest BCUT2D eigenvalue weighted by Crippen LogP contribution is 2.25. The number of carbonyl (C=O) groups is 3. The lowest BCUT2D eigenvalue weighted by Crippen LogP contribution is -2.21. The Balaban J connectivity index is 1.65. The number of anilines is 2. The van der Waals surface area contributed by atoms with Crippen molar-refractivity contribution in [3.63, 3.8) is 0 Å². The fourth-order valence-corrected chi connectivity index (χ4v) is 2.75. The largest absolute Gasteiger partial charge is 0.456 e. The van der Waals surface area contributed by atoms with Gasteiger partial charge in [-0.25, -0.2) is 0 Å². The van der Waals surface area contributed by atoms with Crippen LogP contribution in [0.2, 0.25) is 10.0 Å². The number of ether oxygens (including phenoxy) is 1. The third-order valence-corrected chi connectivity index (χ3v) is 4.57. The minimum absolute atomic E-state index is 0.0267. The molecule has 2 aromatic carbocycles. The summed E-state index contributed by atoms with van der Waals surface area (Å²) in [6.45, 7) is -0.452. The standard InChI is InChI=1S/C19H17BrCl2N2O4/c20-12-4-7-14(8-5-12)23-17(25)2-1-3-19(27)28-11-18(26)24-16-10-13(21)6-9-15(16)22/h4-10H,1-3,11H2,(H,23,25)(H,24,26). The Labute approximate surface area is 180 Å². The molecular formula is C19H17BrCl2N2O4. The van der Waals surface area contributed by atoms with Crippen molar-refractivity contribution in [1.82, 2.24) is 0 Å². The third-order valence-electron chi connectivity index (χ3n) is 3.48. The first kappa shape index (κ1) is 22.2. The SMILES string of the molecule is O=C(CCCC(=O)OCC(=O)Nc1cc(Cl)ccc1Cl)Nc1ccc(Br)cc1. The molecule has 0 aliphatic rings. The molecule has 0 radical (unpaired) electrons. The van der Waals surface area contributed by atoms with E-state index in [4.69, 9.17) is 27.9 Å². The number of amides is 2. The minimum Gasteiger partial charge on any atom is -0.456 e. The molecule has 6 nitrogen and oxygen atoms in total. The van der Waals surface area contributed by atoms with Crippen LogP contribution in [0.5, 0.6) is 0 Å². The van der Waals surface area contributed by atoms with E-state index in [1.54, 1.807) is 24.3 Å². The van der Waals surface area contributed by atoms with E-state index < -0.39 is 18.5 Å². The first-order chi connectivity index (χ1) is 13.3. The van der Waals surface area contributed by atoms with Crippen molar-refractivity contribution in [2.24, 2.45) is 0 Å². The highest BCUT2D eigenvalue weighted by atomic mass is 79.9. The number of esters is 1. The van der Waals surface area contributed by atoms with Gasteiger partial charge in [-0.1, -0.05) is 39.1 Å². The Morgan fingerprint density at radius 1 is 0.929 bits per heavy atom. The fraction of sp³-hybridized carbons (Fsp3) is 0.211. The number of halogens is 3. The van der Waals surface area contributed by atoms with Gasteiger partial charge in [0.15, 0.2) is 6.61 Å². The molecule has 0 spiro atoms. The minimum atomic E-state index is -0.566. The summed E-state index contributed by atoms with van der Waals surface area (Å²) in [5.74, 6) is -1.31. The first-order valence-corrected chi connectivity index (χ1v) is 9.84. The number of hydrogen-bond acceptors (Lipinski definition) is 4. The first-order valence-electron chi connectivity index (χ1n) is 8.29. The van der Waals surface area contributed by atoms with Gasteiger partial charge in [0.25, 0.3) is 5.91 Å². The Morgan fingerprint density at radius 3 is 2.36 bits per heavy atom.